The highest BCUT2D eigenvalue weighted by Crippen LogP contribution is 2.55. The molecule has 0 N–H and O–H groups in total. The van der Waals surface area contributed by atoms with Crippen LogP contribution in [0.2, 0.25) is 0 Å². The van der Waals surface area contributed by atoms with Gasteiger partial charge in [-0.3, -0.25) is 14.1 Å². The summed E-state index contributed by atoms with van der Waals surface area (Å²) < 4.78 is 19.0. The summed E-state index contributed by atoms with van der Waals surface area (Å²) in [5, 5.41) is 0. The molecule has 1 saturated carbocycles. The van der Waals surface area contributed by atoms with Gasteiger partial charge < -0.3 is 4.74 Å². The third-order valence-corrected chi connectivity index (χ3v) is 6.53. The van der Waals surface area contributed by atoms with Crippen LogP contribution in [0.25, 0.3) is 0 Å². The van der Waals surface area contributed by atoms with Crippen LogP contribution in [0.5, 0.6) is 0 Å². The van der Waals surface area contributed by atoms with E-state index in [1.54, 1.807) is 0 Å². The number of carbonyl (C=O) groups excluding carboxylic acids is 1. The Bertz CT molecular complexity index is 579. The van der Waals surface area contributed by atoms with Crippen LogP contribution in [0.1, 0.15) is 37.7 Å². The van der Waals surface area contributed by atoms with Crippen LogP contribution in [0.3, 0.4) is 0 Å². The first-order valence-electron chi connectivity index (χ1n) is 8.77. The molecule has 3 nitrogen and oxygen atoms in total. The van der Waals surface area contributed by atoms with Crippen molar-refractivity contribution in [3.05, 3.63) is 33.4 Å². The summed E-state index contributed by atoms with van der Waals surface area (Å²) in [6, 6.07) is 9.16. The molecule has 0 radical (unpaired) electrons. The number of halogens is 2. The summed E-state index contributed by atoms with van der Waals surface area (Å²) in [5.74, 6) is 0.463. The molecule has 5 atom stereocenters. The molecule has 2 fully saturated rings. The summed E-state index contributed by atoms with van der Waals surface area (Å²) in [4.78, 5) is 14.9. The number of likely N-dealkylation sites (tertiary alicyclic amines) is 1. The van der Waals surface area contributed by atoms with E-state index in [4.69, 9.17) is 4.74 Å². The Morgan fingerprint density at radius 3 is 2.67 bits per heavy atom. The minimum atomic E-state index is -0.298. The van der Waals surface area contributed by atoms with Gasteiger partial charge in [0.1, 0.15) is 0 Å². The Kier molecular flexibility index (Phi) is 5.80. The van der Waals surface area contributed by atoms with Gasteiger partial charge in [0.05, 0.1) is 19.7 Å². The summed E-state index contributed by atoms with van der Waals surface area (Å²) in [5.41, 5.74) is 1.22. The van der Waals surface area contributed by atoms with Crippen molar-refractivity contribution in [3.63, 3.8) is 0 Å². The third-order valence-electron chi connectivity index (χ3n) is 5.81. The van der Waals surface area contributed by atoms with Gasteiger partial charge in [0.25, 0.3) is 0 Å². The van der Waals surface area contributed by atoms with Crippen molar-refractivity contribution in [2.24, 2.45) is 11.8 Å². The molecule has 1 saturated heterocycles. The Balaban J connectivity index is 1.88. The van der Waals surface area contributed by atoms with Gasteiger partial charge in [-0.15, -0.1) is 0 Å². The maximum atomic E-state index is 12.7. The highest BCUT2D eigenvalue weighted by atomic mass is 127. The van der Waals surface area contributed by atoms with Crippen molar-refractivity contribution in [2.75, 3.05) is 20.3 Å². The minimum absolute atomic E-state index is 0.120. The number of fused-ring (bicyclic) bond motifs is 1. The van der Waals surface area contributed by atoms with E-state index in [9.17, 15) is 9.18 Å². The van der Waals surface area contributed by atoms with Crippen molar-refractivity contribution >= 4 is 28.6 Å². The van der Waals surface area contributed by atoms with Crippen LogP contribution in [-0.4, -0.2) is 43.3 Å². The fourth-order valence-corrected chi connectivity index (χ4v) is 5.23. The smallest absolute Gasteiger partial charge is 0.310 e. The standard InChI is InChI=1S/C19H25FINO2/c1-3-16-15-11-14(12-5-7-13(21)8-6-12)17(19(23)24-2)18(15)22(16)10-4-9-20/h5-8,14-18H,3-4,9-11H2,1-2H3. The summed E-state index contributed by atoms with van der Waals surface area (Å²) in [6.07, 6.45) is 2.62. The average molecular weight is 445 g/mol. The lowest BCUT2D eigenvalue weighted by atomic mass is 9.77. The maximum Gasteiger partial charge on any atom is 0.310 e. The molecule has 1 aliphatic heterocycles. The van der Waals surface area contributed by atoms with Gasteiger partial charge >= 0.3 is 5.97 Å². The molecule has 1 aromatic rings. The van der Waals surface area contributed by atoms with E-state index < -0.39 is 0 Å². The number of methoxy groups -OCH3 is 1. The molecule has 1 aliphatic carbocycles. The van der Waals surface area contributed by atoms with Gasteiger partial charge in [0, 0.05) is 22.2 Å². The molecule has 1 heterocycles. The zero-order valence-corrected chi connectivity index (χ0v) is 16.4. The molecule has 2 aliphatic rings. The Labute approximate surface area is 157 Å². The van der Waals surface area contributed by atoms with Crippen molar-refractivity contribution in [2.45, 2.75) is 44.2 Å². The van der Waals surface area contributed by atoms with Crippen LogP contribution in [0.4, 0.5) is 4.39 Å². The van der Waals surface area contributed by atoms with Crippen molar-refractivity contribution < 1.29 is 13.9 Å². The number of hydrogen-bond donors (Lipinski definition) is 0. The van der Waals surface area contributed by atoms with Crippen LogP contribution in [0.15, 0.2) is 24.3 Å². The van der Waals surface area contributed by atoms with Crippen molar-refractivity contribution in [3.8, 4) is 0 Å². The van der Waals surface area contributed by atoms with Crippen LogP contribution in [0, 0.1) is 15.4 Å². The summed E-state index contributed by atoms with van der Waals surface area (Å²) in [7, 11) is 1.47. The van der Waals surface area contributed by atoms with E-state index in [2.05, 4.69) is 58.7 Å². The number of hydrogen-bond acceptors (Lipinski definition) is 3. The van der Waals surface area contributed by atoms with Crippen molar-refractivity contribution in [1.82, 2.24) is 4.90 Å². The lowest BCUT2D eigenvalue weighted by molar-refractivity contribution is -0.153. The van der Waals surface area contributed by atoms with E-state index in [0.29, 0.717) is 18.4 Å². The topological polar surface area (TPSA) is 29.5 Å². The molecule has 5 unspecified atom stereocenters. The first kappa shape index (κ1) is 18.1. The summed E-state index contributed by atoms with van der Waals surface area (Å²) in [6.45, 7) is 2.63. The maximum absolute atomic E-state index is 12.7. The van der Waals surface area contributed by atoms with Crippen LogP contribution < -0.4 is 0 Å². The average Bonchev–Trinajstić information content (AvgIpc) is 2.91. The fourth-order valence-electron chi connectivity index (χ4n) is 4.87. The van der Waals surface area contributed by atoms with E-state index in [1.165, 1.54) is 16.2 Å². The van der Waals surface area contributed by atoms with E-state index in [1.807, 2.05) is 0 Å². The van der Waals surface area contributed by atoms with Gasteiger partial charge in [0.2, 0.25) is 0 Å². The minimum Gasteiger partial charge on any atom is -0.469 e. The number of alkyl halides is 1. The molecule has 1 aromatic carbocycles. The second-order valence-electron chi connectivity index (χ2n) is 6.85. The Morgan fingerprint density at radius 1 is 1.38 bits per heavy atom. The third kappa shape index (κ3) is 3.09. The highest BCUT2D eigenvalue weighted by Gasteiger charge is 2.60. The molecule has 0 spiro atoms. The van der Waals surface area contributed by atoms with Crippen molar-refractivity contribution in [1.29, 1.82) is 0 Å². The Hall–Kier alpha value is -0.690. The van der Waals surface area contributed by atoms with Gasteiger partial charge in [-0.25, -0.2) is 0 Å². The number of esters is 1. The zero-order valence-electron chi connectivity index (χ0n) is 14.3. The van der Waals surface area contributed by atoms with Crippen LogP contribution in [-0.2, 0) is 9.53 Å². The second kappa shape index (κ2) is 7.68. The predicted octanol–water partition coefficient (Wildman–Crippen LogP) is 4.01. The van der Waals surface area contributed by atoms with E-state index in [-0.39, 0.29) is 30.5 Å². The van der Waals surface area contributed by atoms with Crippen LogP contribution >= 0.6 is 22.6 Å². The highest BCUT2D eigenvalue weighted by molar-refractivity contribution is 14.1. The Morgan fingerprint density at radius 2 is 2.08 bits per heavy atom. The van der Waals surface area contributed by atoms with E-state index in [0.717, 1.165) is 19.4 Å². The predicted molar refractivity (Wildman–Crippen MR) is 101 cm³/mol. The normalized spacial score (nSPS) is 32.2. The van der Waals surface area contributed by atoms with Gasteiger partial charge in [-0.1, -0.05) is 19.1 Å². The van der Waals surface area contributed by atoms with Gasteiger partial charge in [-0.2, -0.15) is 0 Å². The number of rotatable bonds is 6. The zero-order chi connectivity index (χ0) is 17.3. The second-order valence-corrected chi connectivity index (χ2v) is 8.10. The monoisotopic (exact) mass is 445 g/mol. The molecular weight excluding hydrogens is 420 g/mol. The van der Waals surface area contributed by atoms with Gasteiger partial charge in [0.15, 0.2) is 0 Å². The molecule has 0 bridgehead atoms. The fraction of sp³-hybridized carbons (Fsp3) is 0.632. The molecular formula is C19H25FINO2. The van der Waals surface area contributed by atoms with E-state index >= 15 is 0 Å². The number of benzene rings is 1. The number of ether oxygens (including phenoxy) is 1. The first-order chi connectivity index (χ1) is 11.6. The van der Waals surface area contributed by atoms with Gasteiger partial charge in [-0.05, 0) is 71.4 Å². The molecule has 132 valence electrons. The molecule has 0 aromatic heterocycles. The lowest BCUT2D eigenvalue weighted by Gasteiger charge is -2.54. The lowest BCUT2D eigenvalue weighted by Crippen LogP contribution is -2.64. The quantitative estimate of drug-likeness (QED) is 0.490. The largest absolute Gasteiger partial charge is 0.469 e. The molecule has 0 amide bonds. The molecule has 5 heteroatoms. The molecule has 3 rings (SSSR count). The SMILES string of the molecule is CCC1C2CC(c3ccc(I)cc3)C(C(=O)OC)C2N1CCCF. The molecule has 24 heavy (non-hydrogen) atoms. The number of carbonyl (C=O) groups is 1. The number of nitrogens with zero attached hydrogens (tertiary/aromatic N) is 1. The summed E-state index contributed by atoms with van der Waals surface area (Å²) >= 11 is 2.30. The first-order valence-corrected chi connectivity index (χ1v) is 9.85.